The number of rotatable bonds is 4. The summed E-state index contributed by atoms with van der Waals surface area (Å²) in [5.41, 5.74) is 1.29. The van der Waals surface area contributed by atoms with Crippen LogP contribution in [0.25, 0.3) is 0 Å². The van der Waals surface area contributed by atoms with Crippen molar-refractivity contribution in [1.82, 2.24) is 15.3 Å². The number of fused-ring (bicyclic) bond motifs is 1. The van der Waals surface area contributed by atoms with Crippen molar-refractivity contribution in [1.29, 1.82) is 0 Å². The number of aryl methyl sites for hydroxylation is 2. The van der Waals surface area contributed by atoms with Gasteiger partial charge in [-0.15, -0.1) is 22.7 Å². The lowest BCUT2D eigenvalue weighted by Crippen LogP contribution is -2.28. The van der Waals surface area contributed by atoms with Gasteiger partial charge in [0, 0.05) is 10.9 Å². The number of hydrogen-bond donors (Lipinski definition) is 1. The average molecular weight is 314 g/mol. The molecular weight excluding hydrogens is 298 g/mol. The van der Waals surface area contributed by atoms with Gasteiger partial charge in [0.15, 0.2) is 0 Å². The number of nitrogens with one attached hydrogen (secondary N) is 1. The van der Waals surface area contributed by atoms with E-state index in [0.29, 0.717) is 6.04 Å². The molecule has 2 heterocycles. The molecule has 19 heavy (non-hydrogen) atoms. The molecule has 0 aliphatic heterocycles. The molecule has 0 radical (unpaired) electrons. The molecule has 0 bridgehead atoms. The molecule has 2 aromatic heterocycles. The van der Waals surface area contributed by atoms with E-state index in [1.807, 2.05) is 11.3 Å². The zero-order valence-corrected chi connectivity index (χ0v) is 13.3. The van der Waals surface area contributed by atoms with Gasteiger partial charge in [0.25, 0.3) is 0 Å². The Morgan fingerprint density at radius 3 is 2.74 bits per heavy atom. The van der Waals surface area contributed by atoms with E-state index in [9.17, 15) is 0 Å². The minimum Gasteiger partial charge on any atom is -0.300 e. The summed E-state index contributed by atoms with van der Waals surface area (Å²) in [6.45, 7) is 4.28. The van der Waals surface area contributed by atoms with Crippen molar-refractivity contribution in [2.24, 2.45) is 0 Å². The molecule has 1 atom stereocenters. The molecule has 3 rings (SSSR count). The van der Waals surface area contributed by atoms with Gasteiger partial charge in [-0.05, 0) is 33.1 Å². The van der Waals surface area contributed by atoms with Gasteiger partial charge >= 0.3 is 0 Å². The first-order valence-electron chi connectivity index (χ1n) is 6.49. The first-order chi connectivity index (χ1) is 9.13. The predicted molar refractivity (Wildman–Crippen MR) is 81.4 cm³/mol. The van der Waals surface area contributed by atoms with Crippen LogP contribution in [0.15, 0.2) is 6.20 Å². The second kappa shape index (κ2) is 5.48. The summed E-state index contributed by atoms with van der Waals surface area (Å²) >= 11 is 9.37. The van der Waals surface area contributed by atoms with Crippen LogP contribution in [0.4, 0.5) is 0 Å². The molecule has 102 valence electrons. The van der Waals surface area contributed by atoms with Crippen molar-refractivity contribution in [3.05, 3.63) is 31.1 Å². The molecule has 1 aliphatic rings. The van der Waals surface area contributed by atoms with Crippen molar-refractivity contribution in [3.63, 3.8) is 0 Å². The molecule has 0 amide bonds. The van der Waals surface area contributed by atoms with E-state index in [0.717, 1.165) is 20.8 Å². The van der Waals surface area contributed by atoms with E-state index in [1.54, 1.807) is 6.20 Å². The molecule has 2 aromatic rings. The molecule has 0 saturated heterocycles. The fourth-order valence-electron chi connectivity index (χ4n) is 2.32. The Bertz CT molecular complexity index is 555. The summed E-state index contributed by atoms with van der Waals surface area (Å²) in [6, 6.07) is 0.458. The Morgan fingerprint density at radius 1 is 1.26 bits per heavy atom. The second-order valence-corrected chi connectivity index (χ2v) is 7.84. The summed E-state index contributed by atoms with van der Waals surface area (Å²) in [5.74, 6) is 0. The maximum Gasteiger partial charge on any atom is 0.118 e. The lowest BCUT2D eigenvalue weighted by molar-refractivity contribution is 0.524. The van der Waals surface area contributed by atoms with Gasteiger partial charge in [0.1, 0.15) is 20.4 Å². The smallest absolute Gasteiger partial charge is 0.118 e. The monoisotopic (exact) mass is 313 g/mol. The number of halogens is 1. The molecule has 0 fully saturated rings. The van der Waals surface area contributed by atoms with E-state index >= 15 is 0 Å². The standard InChI is InChI=1S/C13H16ClN3S2/c1-7(2)16-11(12-15-6-10(14)19-12)13-17-8-4-3-5-9(8)18-13/h6-7,11,16H,3-5H2,1-2H3. The Morgan fingerprint density at radius 2 is 2.11 bits per heavy atom. The Labute approximate surface area is 126 Å². The fourth-order valence-corrected chi connectivity index (χ4v) is 4.60. The van der Waals surface area contributed by atoms with Gasteiger partial charge in [-0.1, -0.05) is 11.6 Å². The molecule has 0 saturated carbocycles. The highest BCUT2D eigenvalue weighted by molar-refractivity contribution is 7.16. The van der Waals surface area contributed by atoms with E-state index in [4.69, 9.17) is 16.6 Å². The zero-order chi connectivity index (χ0) is 13.4. The minimum absolute atomic E-state index is 0.0769. The summed E-state index contributed by atoms with van der Waals surface area (Å²) < 4.78 is 0.731. The molecule has 0 aromatic carbocycles. The number of thiazole rings is 2. The largest absolute Gasteiger partial charge is 0.300 e. The summed E-state index contributed by atoms with van der Waals surface area (Å²) in [7, 11) is 0. The summed E-state index contributed by atoms with van der Waals surface area (Å²) in [5, 5.41) is 5.69. The number of hydrogen-bond acceptors (Lipinski definition) is 5. The van der Waals surface area contributed by atoms with Gasteiger partial charge in [-0.25, -0.2) is 9.97 Å². The maximum absolute atomic E-state index is 6.01. The second-order valence-electron chi connectivity index (χ2n) is 5.03. The topological polar surface area (TPSA) is 37.8 Å². The Kier molecular flexibility index (Phi) is 3.89. The van der Waals surface area contributed by atoms with Crippen LogP contribution in [0.2, 0.25) is 4.34 Å². The molecule has 6 heteroatoms. The third-order valence-corrected chi connectivity index (χ3v) is 5.50. The van der Waals surface area contributed by atoms with Crippen LogP contribution in [0.5, 0.6) is 0 Å². The van der Waals surface area contributed by atoms with E-state index in [2.05, 4.69) is 24.1 Å². The van der Waals surface area contributed by atoms with E-state index in [-0.39, 0.29) is 6.04 Å². The quantitative estimate of drug-likeness (QED) is 0.932. The zero-order valence-electron chi connectivity index (χ0n) is 10.9. The van der Waals surface area contributed by atoms with Gasteiger partial charge < -0.3 is 5.32 Å². The Hall–Kier alpha value is -0.490. The van der Waals surface area contributed by atoms with Crippen LogP contribution < -0.4 is 5.32 Å². The maximum atomic E-state index is 6.01. The van der Waals surface area contributed by atoms with Crippen LogP contribution in [-0.4, -0.2) is 16.0 Å². The van der Waals surface area contributed by atoms with Gasteiger partial charge in [-0.2, -0.15) is 0 Å². The molecule has 0 spiro atoms. The van der Waals surface area contributed by atoms with Crippen molar-refractivity contribution in [2.75, 3.05) is 0 Å². The summed E-state index contributed by atoms with van der Waals surface area (Å²) in [4.78, 5) is 10.7. The predicted octanol–water partition coefficient (Wildman–Crippen LogP) is 3.83. The van der Waals surface area contributed by atoms with Crippen molar-refractivity contribution >= 4 is 34.3 Å². The van der Waals surface area contributed by atoms with E-state index < -0.39 is 0 Å². The van der Waals surface area contributed by atoms with Crippen LogP contribution in [0.1, 0.15) is 46.9 Å². The molecule has 3 nitrogen and oxygen atoms in total. The van der Waals surface area contributed by atoms with Crippen LogP contribution in [0.3, 0.4) is 0 Å². The first kappa shape index (κ1) is 13.5. The SMILES string of the molecule is CC(C)NC(c1ncc(Cl)s1)c1nc2c(s1)CCC2. The number of nitrogens with zero attached hydrogens (tertiary/aromatic N) is 2. The van der Waals surface area contributed by atoms with Crippen molar-refractivity contribution in [3.8, 4) is 0 Å². The normalized spacial score (nSPS) is 16.0. The van der Waals surface area contributed by atoms with Crippen molar-refractivity contribution in [2.45, 2.75) is 45.2 Å². The fraction of sp³-hybridized carbons (Fsp3) is 0.538. The lowest BCUT2D eigenvalue weighted by Gasteiger charge is -2.17. The van der Waals surface area contributed by atoms with Crippen LogP contribution >= 0.6 is 34.3 Å². The van der Waals surface area contributed by atoms with Gasteiger partial charge in [0.2, 0.25) is 0 Å². The lowest BCUT2D eigenvalue weighted by atomic mass is 10.2. The van der Waals surface area contributed by atoms with Gasteiger partial charge in [-0.3, -0.25) is 0 Å². The molecule has 1 N–H and O–H groups in total. The van der Waals surface area contributed by atoms with Crippen LogP contribution in [0, 0.1) is 0 Å². The van der Waals surface area contributed by atoms with Crippen LogP contribution in [-0.2, 0) is 12.8 Å². The van der Waals surface area contributed by atoms with E-state index in [1.165, 1.54) is 34.7 Å². The average Bonchev–Trinajstić information content (AvgIpc) is 2.99. The Balaban J connectivity index is 1.93. The minimum atomic E-state index is 0.0769. The third-order valence-electron chi connectivity index (χ3n) is 3.10. The summed E-state index contributed by atoms with van der Waals surface area (Å²) in [6.07, 6.45) is 5.27. The highest BCUT2D eigenvalue weighted by atomic mass is 35.5. The number of aromatic nitrogens is 2. The van der Waals surface area contributed by atoms with Gasteiger partial charge in [0.05, 0.1) is 11.9 Å². The highest BCUT2D eigenvalue weighted by Crippen LogP contribution is 2.35. The highest BCUT2D eigenvalue weighted by Gasteiger charge is 2.25. The first-order valence-corrected chi connectivity index (χ1v) is 8.50. The molecule has 1 unspecified atom stereocenters. The molecular formula is C13H16ClN3S2. The molecule has 1 aliphatic carbocycles. The third kappa shape index (κ3) is 2.84. The van der Waals surface area contributed by atoms with Crippen molar-refractivity contribution < 1.29 is 0 Å².